The summed E-state index contributed by atoms with van der Waals surface area (Å²) >= 11 is 9.89. The summed E-state index contributed by atoms with van der Waals surface area (Å²) in [5.74, 6) is -1.15. The predicted octanol–water partition coefficient (Wildman–Crippen LogP) is 2.76. The summed E-state index contributed by atoms with van der Waals surface area (Å²) in [5, 5.41) is 2.49. The maximum Gasteiger partial charge on any atom is 0.259 e. The van der Waals surface area contributed by atoms with Crippen LogP contribution < -0.4 is 5.32 Å². The van der Waals surface area contributed by atoms with E-state index < -0.39 is 33.0 Å². The van der Waals surface area contributed by atoms with E-state index in [1.807, 2.05) is 0 Å². The summed E-state index contributed by atoms with van der Waals surface area (Å²) in [4.78, 5) is 22.3. The molecule has 0 aliphatic heterocycles. The van der Waals surface area contributed by atoms with E-state index >= 15 is 0 Å². The fourth-order valence-electron chi connectivity index (χ4n) is 1.03. The van der Waals surface area contributed by atoms with Crippen LogP contribution in [0.25, 0.3) is 0 Å². The van der Waals surface area contributed by atoms with Crippen LogP contribution in [0, 0.1) is 3.57 Å². The van der Waals surface area contributed by atoms with Crippen molar-refractivity contribution in [2.75, 3.05) is 0 Å². The van der Waals surface area contributed by atoms with E-state index in [2.05, 4.69) is 5.32 Å². The average Bonchev–Trinajstić information content (AvgIpc) is 2.15. The second-order valence-corrected chi connectivity index (χ2v) is 5.20. The number of benzene rings is 1. The number of imide groups is 1. The molecule has 1 rings (SSSR count). The minimum Gasteiger partial charge on any atom is -0.293 e. The Hall–Kier alpha value is -0.530. The maximum atomic E-state index is 11.6. The molecule has 0 fully saturated rings. The largest absolute Gasteiger partial charge is 0.293 e. The van der Waals surface area contributed by atoms with E-state index in [1.54, 1.807) is 0 Å². The van der Waals surface area contributed by atoms with Gasteiger partial charge in [0, 0.05) is 11.9 Å². The van der Waals surface area contributed by atoms with E-state index in [0.717, 1.165) is 0 Å². The molecule has 7 heteroatoms. The molecule has 0 spiro atoms. The molecular formula is C9H6Cl2INO3. The van der Waals surface area contributed by atoms with Gasteiger partial charge in [0.2, 0.25) is 5.91 Å². The van der Waals surface area contributed by atoms with Crippen LogP contribution in [0.3, 0.4) is 0 Å². The lowest BCUT2D eigenvalue weighted by Gasteiger charge is -2.05. The fourth-order valence-corrected chi connectivity index (χ4v) is 2.72. The maximum absolute atomic E-state index is 11.6. The lowest BCUT2D eigenvalue weighted by molar-refractivity contribution is -0.118. The molecule has 0 aliphatic carbocycles. The summed E-state index contributed by atoms with van der Waals surface area (Å²) in [6, 6.07) is 2.74. The van der Waals surface area contributed by atoms with Crippen molar-refractivity contribution in [1.82, 2.24) is 5.32 Å². The minimum absolute atomic E-state index is 0.0792. The first-order valence-corrected chi connectivity index (χ1v) is 6.75. The van der Waals surface area contributed by atoms with Crippen LogP contribution in [0.1, 0.15) is 17.3 Å². The predicted molar refractivity (Wildman–Crippen MR) is 68.0 cm³/mol. The van der Waals surface area contributed by atoms with Gasteiger partial charge in [-0.15, -0.1) is 0 Å². The van der Waals surface area contributed by atoms with Gasteiger partial charge in [0.1, 0.15) is 0 Å². The van der Waals surface area contributed by atoms with Gasteiger partial charge in [-0.3, -0.25) is 18.0 Å². The van der Waals surface area contributed by atoms with Crippen LogP contribution in [0.5, 0.6) is 0 Å². The van der Waals surface area contributed by atoms with Crippen molar-refractivity contribution in [2.24, 2.45) is 0 Å². The number of hydrogen-bond acceptors (Lipinski definition) is 3. The Kier molecular flexibility index (Phi) is 4.82. The van der Waals surface area contributed by atoms with Crippen LogP contribution in [0.15, 0.2) is 12.1 Å². The number of carbonyl (C=O) groups is 2. The van der Waals surface area contributed by atoms with Crippen LogP contribution in [0.4, 0.5) is 0 Å². The molecule has 4 nitrogen and oxygen atoms in total. The topological polar surface area (TPSA) is 63.2 Å². The molecule has 86 valence electrons. The van der Waals surface area contributed by atoms with Gasteiger partial charge in [-0.25, -0.2) is 0 Å². The van der Waals surface area contributed by atoms with Gasteiger partial charge in [-0.2, -0.15) is 0 Å². The molecule has 0 aliphatic rings. The van der Waals surface area contributed by atoms with Crippen molar-refractivity contribution in [3.05, 3.63) is 31.3 Å². The molecule has 0 saturated carbocycles. The number of amides is 2. The van der Waals surface area contributed by atoms with E-state index in [-0.39, 0.29) is 19.2 Å². The van der Waals surface area contributed by atoms with E-state index in [0.29, 0.717) is 0 Å². The molecule has 2 amide bonds. The first kappa shape index (κ1) is 13.5. The molecule has 16 heavy (non-hydrogen) atoms. The summed E-state index contributed by atoms with van der Waals surface area (Å²) in [5.41, 5.74) is 0.0792. The SMILES string of the molecule is CC(=O)NC(=O)c1cc(Cl)cc(Cl)c1I=O. The summed E-state index contributed by atoms with van der Waals surface area (Å²) in [6.45, 7) is 1.20. The van der Waals surface area contributed by atoms with Crippen molar-refractivity contribution in [3.63, 3.8) is 0 Å². The van der Waals surface area contributed by atoms with Crippen molar-refractivity contribution < 1.29 is 12.7 Å². The third-order valence-electron chi connectivity index (χ3n) is 1.60. The second kappa shape index (κ2) is 5.70. The first-order chi connectivity index (χ1) is 7.45. The van der Waals surface area contributed by atoms with Crippen LogP contribution in [-0.4, -0.2) is 11.8 Å². The summed E-state index contributed by atoms with van der Waals surface area (Å²) in [7, 11) is 0. The van der Waals surface area contributed by atoms with Gasteiger partial charge >= 0.3 is 0 Å². The highest BCUT2D eigenvalue weighted by molar-refractivity contribution is 14.1. The molecular weight excluding hydrogens is 368 g/mol. The number of nitrogens with one attached hydrogen (secondary N) is 1. The van der Waals surface area contributed by atoms with E-state index in [4.69, 9.17) is 23.2 Å². The zero-order valence-corrected chi connectivity index (χ0v) is 11.7. The van der Waals surface area contributed by atoms with Gasteiger partial charge < -0.3 is 0 Å². The highest BCUT2D eigenvalue weighted by atomic mass is 127. The number of rotatable bonds is 2. The van der Waals surface area contributed by atoms with Crippen LogP contribution >= 0.6 is 44.4 Å². The Labute approximate surface area is 112 Å². The van der Waals surface area contributed by atoms with Crippen molar-refractivity contribution in [3.8, 4) is 0 Å². The second-order valence-electron chi connectivity index (χ2n) is 2.84. The zero-order valence-electron chi connectivity index (χ0n) is 8.01. The standard InChI is InChI=1S/C9H6Cl2INO3/c1-4(14)13-9(15)6-2-5(10)3-7(11)8(6)12-16/h2-3H,1H3,(H,13,14,15). The van der Waals surface area contributed by atoms with Gasteiger partial charge in [0.25, 0.3) is 5.91 Å². The van der Waals surface area contributed by atoms with Crippen LogP contribution in [-0.2, 0) is 7.86 Å². The lowest BCUT2D eigenvalue weighted by atomic mass is 10.2. The Morgan fingerprint density at radius 2 is 1.94 bits per heavy atom. The van der Waals surface area contributed by atoms with Crippen molar-refractivity contribution >= 4 is 56.2 Å². The average molecular weight is 374 g/mol. The Morgan fingerprint density at radius 1 is 1.31 bits per heavy atom. The molecule has 0 saturated heterocycles. The summed E-state index contributed by atoms with van der Waals surface area (Å²) in [6.07, 6.45) is 0. The third kappa shape index (κ3) is 3.23. The molecule has 1 aromatic rings. The smallest absolute Gasteiger partial charge is 0.259 e. The van der Waals surface area contributed by atoms with Crippen LogP contribution in [0.2, 0.25) is 10.0 Å². The normalized spacial score (nSPS) is 9.94. The van der Waals surface area contributed by atoms with Gasteiger partial charge in [-0.05, 0) is 12.1 Å². The minimum atomic E-state index is -1.62. The number of carbonyl (C=O) groups excluding carboxylic acids is 2. The van der Waals surface area contributed by atoms with Gasteiger partial charge in [0.05, 0.1) is 14.2 Å². The molecule has 0 aromatic heterocycles. The zero-order chi connectivity index (χ0) is 12.3. The van der Waals surface area contributed by atoms with E-state index in [9.17, 15) is 12.7 Å². The lowest BCUT2D eigenvalue weighted by Crippen LogP contribution is -2.28. The molecule has 0 atom stereocenters. The molecule has 0 bridgehead atoms. The highest BCUT2D eigenvalue weighted by Crippen LogP contribution is 2.29. The quantitative estimate of drug-likeness (QED) is 0.640. The van der Waals surface area contributed by atoms with Crippen molar-refractivity contribution in [1.29, 1.82) is 0 Å². The first-order valence-electron chi connectivity index (χ1n) is 4.03. The molecule has 1 aromatic carbocycles. The monoisotopic (exact) mass is 373 g/mol. The molecule has 1 N–H and O–H groups in total. The molecule has 0 heterocycles. The Balaban J connectivity index is 3.25. The highest BCUT2D eigenvalue weighted by Gasteiger charge is 2.17. The van der Waals surface area contributed by atoms with Gasteiger partial charge in [-0.1, -0.05) is 23.2 Å². The van der Waals surface area contributed by atoms with E-state index in [1.165, 1.54) is 19.1 Å². The Bertz CT molecular complexity index is 476. The molecule has 0 radical (unpaired) electrons. The number of hydrogen-bond donors (Lipinski definition) is 1. The van der Waals surface area contributed by atoms with Crippen molar-refractivity contribution in [2.45, 2.75) is 6.92 Å². The molecule has 0 unspecified atom stereocenters. The Morgan fingerprint density at radius 3 is 2.44 bits per heavy atom. The third-order valence-corrected chi connectivity index (χ3v) is 4.04. The fraction of sp³-hybridized carbons (Fsp3) is 0.111. The van der Waals surface area contributed by atoms with Gasteiger partial charge in [0.15, 0.2) is 21.2 Å². The summed E-state index contributed by atoms with van der Waals surface area (Å²) < 4.78 is 11.2. The number of halogens is 3.